The Morgan fingerprint density at radius 3 is 2.57 bits per heavy atom. The average Bonchev–Trinajstić information content (AvgIpc) is 2.11. The summed E-state index contributed by atoms with van der Waals surface area (Å²) < 4.78 is 0.944. The zero-order chi connectivity index (χ0) is 10.7. The second kappa shape index (κ2) is 4.70. The Morgan fingerprint density at radius 1 is 1.36 bits per heavy atom. The molecule has 0 saturated carbocycles. The van der Waals surface area contributed by atoms with Crippen molar-refractivity contribution < 1.29 is 0 Å². The van der Waals surface area contributed by atoms with Gasteiger partial charge in [-0.3, -0.25) is 0 Å². The van der Waals surface area contributed by atoms with Gasteiger partial charge in [-0.25, -0.2) is 9.97 Å². The van der Waals surface area contributed by atoms with E-state index in [1.165, 1.54) is 0 Å². The van der Waals surface area contributed by atoms with Gasteiger partial charge in [0.25, 0.3) is 0 Å². The van der Waals surface area contributed by atoms with Crippen LogP contribution < -0.4 is 10.6 Å². The van der Waals surface area contributed by atoms with E-state index >= 15 is 0 Å². The average molecular weight is 259 g/mol. The lowest BCUT2D eigenvalue weighted by atomic mass is 10.4. The lowest BCUT2D eigenvalue weighted by molar-refractivity contribution is 0.847. The minimum Gasteiger partial charge on any atom is -0.357 e. The zero-order valence-electron chi connectivity index (χ0n) is 8.71. The molecule has 0 aliphatic carbocycles. The molecule has 4 nitrogen and oxygen atoms in total. The van der Waals surface area contributed by atoms with Gasteiger partial charge in [0, 0.05) is 20.1 Å². The van der Waals surface area contributed by atoms with Crippen LogP contribution in [0.2, 0.25) is 0 Å². The van der Waals surface area contributed by atoms with Crippen LogP contribution >= 0.6 is 15.9 Å². The second-order valence-electron chi connectivity index (χ2n) is 3.20. The summed E-state index contributed by atoms with van der Waals surface area (Å²) >= 11 is 3.48. The summed E-state index contributed by atoms with van der Waals surface area (Å²) in [7, 11) is 1.97. The summed E-state index contributed by atoms with van der Waals surface area (Å²) in [6.07, 6.45) is 0. The molecule has 1 aromatic rings. The highest BCUT2D eigenvalue weighted by molar-refractivity contribution is 9.10. The Morgan fingerprint density at radius 2 is 2.00 bits per heavy atom. The molecule has 0 bridgehead atoms. The molecule has 1 rings (SSSR count). The van der Waals surface area contributed by atoms with Gasteiger partial charge in [0.1, 0.15) is 11.6 Å². The molecule has 0 unspecified atom stereocenters. The predicted octanol–water partition coefficient (Wildman–Crippen LogP) is 1.25. The molecule has 0 saturated heterocycles. The fourth-order valence-corrected chi connectivity index (χ4v) is 1.71. The summed E-state index contributed by atoms with van der Waals surface area (Å²) in [4.78, 5) is 10.6. The Balaban J connectivity index is 3.07. The van der Waals surface area contributed by atoms with Gasteiger partial charge in [0.15, 0.2) is 0 Å². The fraction of sp³-hybridized carbons (Fsp3) is 0.556. The summed E-state index contributed by atoms with van der Waals surface area (Å²) in [5.41, 5.74) is 6.45. The maximum absolute atomic E-state index is 5.49. The van der Waals surface area contributed by atoms with Gasteiger partial charge in [0.2, 0.25) is 0 Å². The summed E-state index contributed by atoms with van der Waals surface area (Å²) in [6, 6.07) is 0. The number of aryl methyl sites for hydroxylation is 2. The van der Waals surface area contributed by atoms with Gasteiger partial charge < -0.3 is 10.6 Å². The van der Waals surface area contributed by atoms with E-state index in [-0.39, 0.29) is 0 Å². The van der Waals surface area contributed by atoms with Crippen LogP contribution in [0.15, 0.2) is 4.47 Å². The van der Waals surface area contributed by atoms with E-state index in [9.17, 15) is 0 Å². The molecule has 0 spiro atoms. The summed E-state index contributed by atoms with van der Waals surface area (Å²) in [6.45, 7) is 5.25. The fourth-order valence-electron chi connectivity index (χ4n) is 1.23. The minimum atomic E-state index is 0.616. The van der Waals surface area contributed by atoms with Crippen LogP contribution in [-0.2, 0) is 0 Å². The van der Waals surface area contributed by atoms with E-state index < -0.39 is 0 Å². The third kappa shape index (κ3) is 2.42. The molecular formula is C9H15BrN4. The predicted molar refractivity (Wildman–Crippen MR) is 61.5 cm³/mol. The van der Waals surface area contributed by atoms with E-state index in [2.05, 4.69) is 25.9 Å². The number of hydrogen-bond donors (Lipinski definition) is 1. The molecule has 1 heterocycles. The quantitative estimate of drug-likeness (QED) is 0.887. The van der Waals surface area contributed by atoms with Crippen LogP contribution in [0.4, 0.5) is 5.82 Å². The first kappa shape index (κ1) is 11.4. The molecule has 5 heteroatoms. The first-order valence-corrected chi connectivity index (χ1v) is 5.27. The molecular weight excluding hydrogens is 244 g/mol. The van der Waals surface area contributed by atoms with Crippen molar-refractivity contribution >= 4 is 21.7 Å². The van der Waals surface area contributed by atoms with Gasteiger partial charge in [0.05, 0.1) is 10.2 Å². The van der Waals surface area contributed by atoms with Crippen molar-refractivity contribution in [3.05, 3.63) is 16.0 Å². The number of aromatic nitrogens is 2. The smallest absolute Gasteiger partial charge is 0.146 e. The van der Waals surface area contributed by atoms with Gasteiger partial charge in [-0.05, 0) is 29.8 Å². The number of hydrogen-bond acceptors (Lipinski definition) is 4. The van der Waals surface area contributed by atoms with Crippen LogP contribution in [0, 0.1) is 13.8 Å². The number of nitrogens with zero attached hydrogens (tertiary/aromatic N) is 3. The molecule has 0 atom stereocenters. The Bertz CT molecular complexity index is 327. The zero-order valence-corrected chi connectivity index (χ0v) is 10.3. The molecule has 1 aromatic heterocycles. The van der Waals surface area contributed by atoms with Crippen molar-refractivity contribution in [1.29, 1.82) is 0 Å². The van der Waals surface area contributed by atoms with Crippen LogP contribution in [0.1, 0.15) is 11.5 Å². The SMILES string of the molecule is Cc1nc(C)c(Br)c(N(C)CCN)n1. The third-order valence-electron chi connectivity index (χ3n) is 1.94. The monoisotopic (exact) mass is 258 g/mol. The van der Waals surface area contributed by atoms with Crippen LogP contribution in [-0.4, -0.2) is 30.1 Å². The normalized spacial score (nSPS) is 10.4. The maximum atomic E-state index is 5.49. The molecule has 0 fully saturated rings. The standard InChI is InChI=1S/C9H15BrN4/c1-6-8(10)9(13-7(2)12-6)14(3)5-4-11/h4-5,11H2,1-3H3. The maximum Gasteiger partial charge on any atom is 0.146 e. The molecule has 2 N–H and O–H groups in total. The molecule has 0 radical (unpaired) electrons. The largest absolute Gasteiger partial charge is 0.357 e. The molecule has 0 aromatic carbocycles. The number of likely N-dealkylation sites (N-methyl/N-ethyl adjacent to an activating group) is 1. The van der Waals surface area contributed by atoms with Crippen molar-refractivity contribution in [1.82, 2.24) is 9.97 Å². The third-order valence-corrected chi connectivity index (χ3v) is 2.87. The van der Waals surface area contributed by atoms with Crippen LogP contribution in [0.3, 0.4) is 0 Å². The first-order chi connectivity index (χ1) is 6.56. The topological polar surface area (TPSA) is 55.0 Å². The Kier molecular flexibility index (Phi) is 3.83. The molecule has 78 valence electrons. The minimum absolute atomic E-state index is 0.616. The van der Waals surface area contributed by atoms with Crippen LogP contribution in [0.5, 0.6) is 0 Å². The van der Waals surface area contributed by atoms with Crippen molar-refractivity contribution in [3.63, 3.8) is 0 Å². The van der Waals surface area contributed by atoms with E-state index in [1.54, 1.807) is 0 Å². The lowest BCUT2D eigenvalue weighted by Gasteiger charge is -2.19. The van der Waals surface area contributed by atoms with E-state index in [4.69, 9.17) is 5.73 Å². The van der Waals surface area contributed by atoms with Gasteiger partial charge >= 0.3 is 0 Å². The molecule has 0 aliphatic heterocycles. The van der Waals surface area contributed by atoms with Gasteiger partial charge in [-0.1, -0.05) is 0 Å². The van der Waals surface area contributed by atoms with E-state index in [0.29, 0.717) is 6.54 Å². The summed E-state index contributed by atoms with van der Waals surface area (Å²) in [5.74, 6) is 1.69. The number of nitrogens with two attached hydrogens (primary N) is 1. The van der Waals surface area contributed by atoms with E-state index in [0.717, 1.165) is 28.4 Å². The highest BCUT2D eigenvalue weighted by Gasteiger charge is 2.10. The van der Waals surface area contributed by atoms with Gasteiger partial charge in [-0.2, -0.15) is 0 Å². The second-order valence-corrected chi connectivity index (χ2v) is 4.00. The van der Waals surface area contributed by atoms with Crippen molar-refractivity contribution in [2.75, 3.05) is 25.0 Å². The summed E-state index contributed by atoms with van der Waals surface area (Å²) in [5, 5.41) is 0. The van der Waals surface area contributed by atoms with Crippen molar-refractivity contribution in [2.24, 2.45) is 5.73 Å². The van der Waals surface area contributed by atoms with E-state index in [1.807, 2.05) is 25.8 Å². The number of anilines is 1. The van der Waals surface area contributed by atoms with Crippen molar-refractivity contribution in [3.8, 4) is 0 Å². The number of rotatable bonds is 3. The Hall–Kier alpha value is -0.680. The Labute approximate surface area is 92.7 Å². The highest BCUT2D eigenvalue weighted by Crippen LogP contribution is 2.25. The first-order valence-electron chi connectivity index (χ1n) is 4.48. The van der Waals surface area contributed by atoms with Crippen LogP contribution in [0.25, 0.3) is 0 Å². The molecule has 0 amide bonds. The van der Waals surface area contributed by atoms with Gasteiger partial charge in [-0.15, -0.1) is 0 Å². The lowest BCUT2D eigenvalue weighted by Crippen LogP contribution is -2.26. The highest BCUT2D eigenvalue weighted by atomic mass is 79.9. The number of halogens is 1. The van der Waals surface area contributed by atoms with Crippen molar-refractivity contribution in [2.45, 2.75) is 13.8 Å². The molecule has 0 aliphatic rings. The molecule has 14 heavy (non-hydrogen) atoms.